The maximum absolute atomic E-state index is 10.4. The van der Waals surface area contributed by atoms with E-state index in [2.05, 4.69) is 0 Å². The number of hydrogen-bond acceptors (Lipinski definition) is 2. The van der Waals surface area contributed by atoms with Crippen molar-refractivity contribution in [2.45, 2.75) is 116 Å². The first-order valence-electron chi connectivity index (χ1n) is 9.53. The zero-order valence-electron chi connectivity index (χ0n) is 14.7. The molecule has 0 aliphatic carbocycles. The molecule has 0 aliphatic rings. The Hall–Kier alpha value is -0.570. The smallest absolute Gasteiger partial charge is 0.303 e. The monoisotopic (exact) mass is 314 g/mol. The van der Waals surface area contributed by atoms with Crippen LogP contribution in [0.1, 0.15) is 110 Å². The minimum absolute atomic E-state index is 0.128. The molecule has 0 aromatic rings. The van der Waals surface area contributed by atoms with Gasteiger partial charge >= 0.3 is 5.97 Å². The molecule has 0 radical (unpaired) electrons. The van der Waals surface area contributed by atoms with E-state index in [1.165, 1.54) is 77.0 Å². The lowest BCUT2D eigenvalue weighted by molar-refractivity contribution is -0.137. The third-order valence-corrected chi connectivity index (χ3v) is 4.26. The summed E-state index contributed by atoms with van der Waals surface area (Å²) in [5.74, 6) is -0.664. The normalized spacial score (nSPS) is 12.5. The molecular weight excluding hydrogens is 276 g/mol. The van der Waals surface area contributed by atoms with Gasteiger partial charge in [0, 0.05) is 6.42 Å². The molecule has 0 rings (SSSR count). The molecule has 0 aromatic carbocycles. The molecule has 22 heavy (non-hydrogen) atoms. The summed E-state index contributed by atoms with van der Waals surface area (Å²) in [6.45, 7) is 1.87. The van der Waals surface area contributed by atoms with Gasteiger partial charge < -0.3 is 10.2 Å². The fourth-order valence-corrected chi connectivity index (χ4v) is 2.84. The van der Waals surface area contributed by atoms with Gasteiger partial charge in [0.15, 0.2) is 0 Å². The van der Waals surface area contributed by atoms with E-state index >= 15 is 0 Å². The van der Waals surface area contributed by atoms with E-state index in [1.54, 1.807) is 0 Å². The lowest BCUT2D eigenvalue weighted by Crippen LogP contribution is -1.98. The molecule has 1 atom stereocenters. The molecule has 0 amide bonds. The molecule has 0 spiro atoms. The van der Waals surface area contributed by atoms with Gasteiger partial charge in [-0.05, 0) is 19.8 Å². The number of unbranched alkanes of at least 4 members (excludes halogenated alkanes) is 13. The Bertz CT molecular complexity index is 239. The highest BCUT2D eigenvalue weighted by Gasteiger charge is 1.98. The van der Waals surface area contributed by atoms with Gasteiger partial charge in [0.2, 0.25) is 0 Å². The summed E-state index contributed by atoms with van der Waals surface area (Å²) in [5.41, 5.74) is 0. The van der Waals surface area contributed by atoms with Crippen LogP contribution in [0.3, 0.4) is 0 Å². The minimum Gasteiger partial charge on any atom is -0.481 e. The van der Waals surface area contributed by atoms with Crippen LogP contribution < -0.4 is 0 Å². The van der Waals surface area contributed by atoms with Gasteiger partial charge in [0.25, 0.3) is 0 Å². The number of aliphatic carboxylic acids is 1. The lowest BCUT2D eigenvalue weighted by atomic mass is 10.0. The molecule has 0 saturated carbocycles. The SMILES string of the molecule is C[C@H](O)CCCCCCCCCCCCCCCCC(=O)O. The third-order valence-electron chi connectivity index (χ3n) is 4.26. The topological polar surface area (TPSA) is 57.5 Å². The van der Waals surface area contributed by atoms with Gasteiger partial charge in [-0.3, -0.25) is 4.79 Å². The molecule has 2 N–H and O–H groups in total. The molecular formula is C19H38O3. The second kappa shape index (κ2) is 16.8. The van der Waals surface area contributed by atoms with Crippen LogP contribution in [0.2, 0.25) is 0 Å². The number of carboxylic acid groups (broad SMARTS) is 1. The predicted molar refractivity (Wildman–Crippen MR) is 93.2 cm³/mol. The van der Waals surface area contributed by atoms with Crippen molar-refractivity contribution < 1.29 is 15.0 Å². The fraction of sp³-hybridized carbons (Fsp3) is 0.947. The Kier molecular flexibility index (Phi) is 16.4. The number of aliphatic hydroxyl groups is 1. The van der Waals surface area contributed by atoms with Crippen LogP contribution >= 0.6 is 0 Å². The van der Waals surface area contributed by atoms with Gasteiger partial charge in [0.1, 0.15) is 0 Å². The highest BCUT2D eigenvalue weighted by molar-refractivity contribution is 5.66. The first-order valence-corrected chi connectivity index (χ1v) is 9.53. The van der Waals surface area contributed by atoms with Crippen LogP contribution in [0.25, 0.3) is 0 Å². The van der Waals surface area contributed by atoms with Crippen molar-refractivity contribution in [2.24, 2.45) is 0 Å². The number of carboxylic acids is 1. The Morgan fingerprint density at radius 1 is 0.682 bits per heavy atom. The van der Waals surface area contributed by atoms with Crippen LogP contribution in [0.5, 0.6) is 0 Å². The minimum atomic E-state index is -0.664. The Balaban J connectivity index is 2.98. The van der Waals surface area contributed by atoms with Gasteiger partial charge in [-0.25, -0.2) is 0 Å². The number of aliphatic hydroxyl groups excluding tert-OH is 1. The van der Waals surface area contributed by atoms with Gasteiger partial charge in [-0.1, -0.05) is 83.5 Å². The average molecular weight is 315 g/mol. The Labute approximate surface area is 137 Å². The third kappa shape index (κ3) is 19.4. The van der Waals surface area contributed by atoms with Crippen molar-refractivity contribution in [3.63, 3.8) is 0 Å². The molecule has 3 heteroatoms. The van der Waals surface area contributed by atoms with E-state index < -0.39 is 5.97 Å². The molecule has 0 aromatic heterocycles. The summed E-state index contributed by atoms with van der Waals surface area (Å²) in [4.78, 5) is 10.4. The summed E-state index contributed by atoms with van der Waals surface area (Å²) >= 11 is 0. The molecule has 0 aliphatic heterocycles. The summed E-state index contributed by atoms with van der Waals surface area (Å²) in [6.07, 6.45) is 18.8. The number of carbonyl (C=O) groups is 1. The van der Waals surface area contributed by atoms with Crippen molar-refractivity contribution in [1.29, 1.82) is 0 Å². The fourth-order valence-electron chi connectivity index (χ4n) is 2.84. The van der Waals surface area contributed by atoms with E-state index in [-0.39, 0.29) is 6.10 Å². The van der Waals surface area contributed by atoms with Crippen LogP contribution in [-0.2, 0) is 4.79 Å². The Morgan fingerprint density at radius 3 is 1.32 bits per heavy atom. The van der Waals surface area contributed by atoms with Crippen molar-refractivity contribution >= 4 is 5.97 Å². The average Bonchev–Trinajstić information content (AvgIpc) is 2.46. The molecule has 0 bridgehead atoms. The van der Waals surface area contributed by atoms with Gasteiger partial charge in [-0.2, -0.15) is 0 Å². The molecule has 0 unspecified atom stereocenters. The van der Waals surface area contributed by atoms with E-state index in [1.807, 2.05) is 6.92 Å². The standard InChI is InChI=1S/C19H38O3/c1-18(20)16-14-12-10-8-6-4-2-3-5-7-9-11-13-15-17-19(21)22/h18,20H,2-17H2,1H3,(H,21,22)/t18-/m0/s1. The van der Waals surface area contributed by atoms with Crippen LogP contribution in [0.15, 0.2) is 0 Å². The molecule has 0 fully saturated rings. The van der Waals surface area contributed by atoms with E-state index in [0.717, 1.165) is 19.3 Å². The van der Waals surface area contributed by atoms with E-state index in [9.17, 15) is 4.79 Å². The van der Waals surface area contributed by atoms with E-state index in [4.69, 9.17) is 10.2 Å². The van der Waals surface area contributed by atoms with E-state index in [0.29, 0.717) is 6.42 Å². The summed E-state index contributed by atoms with van der Waals surface area (Å²) in [7, 11) is 0. The zero-order valence-corrected chi connectivity index (χ0v) is 14.7. The quantitative estimate of drug-likeness (QED) is 0.339. The molecule has 3 nitrogen and oxygen atoms in total. The molecule has 0 heterocycles. The molecule has 132 valence electrons. The highest BCUT2D eigenvalue weighted by Crippen LogP contribution is 2.14. The lowest BCUT2D eigenvalue weighted by Gasteiger charge is -2.04. The summed E-state index contributed by atoms with van der Waals surface area (Å²) < 4.78 is 0. The van der Waals surface area contributed by atoms with Crippen molar-refractivity contribution in [3.8, 4) is 0 Å². The van der Waals surface area contributed by atoms with Crippen molar-refractivity contribution in [3.05, 3.63) is 0 Å². The van der Waals surface area contributed by atoms with Crippen molar-refractivity contribution in [2.75, 3.05) is 0 Å². The summed E-state index contributed by atoms with van der Waals surface area (Å²) in [6, 6.07) is 0. The number of hydrogen-bond donors (Lipinski definition) is 2. The molecule has 0 saturated heterocycles. The second-order valence-electron chi connectivity index (χ2n) is 6.73. The zero-order chi connectivity index (χ0) is 16.5. The van der Waals surface area contributed by atoms with Gasteiger partial charge in [0.05, 0.1) is 6.10 Å². The largest absolute Gasteiger partial charge is 0.481 e. The first kappa shape index (κ1) is 21.4. The first-order chi connectivity index (χ1) is 10.6. The van der Waals surface area contributed by atoms with Crippen LogP contribution in [-0.4, -0.2) is 22.3 Å². The number of rotatable bonds is 17. The summed E-state index contributed by atoms with van der Waals surface area (Å²) in [5, 5.41) is 17.7. The van der Waals surface area contributed by atoms with Crippen molar-refractivity contribution in [1.82, 2.24) is 0 Å². The van der Waals surface area contributed by atoms with Crippen LogP contribution in [0, 0.1) is 0 Å². The van der Waals surface area contributed by atoms with Gasteiger partial charge in [-0.15, -0.1) is 0 Å². The predicted octanol–water partition coefficient (Wildman–Crippen LogP) is 5.69. The maximum Gasteiger partial charge on any atom is 0.303 e. The van der Waals surface area contributed by atoms with Crippen LogP contribution in [0.4, 0.5) is 0 Å². The highest BCUT2D eigenvalue weighted by atomic mass is 16.4. The Morgan fingerprint density at radius 2 is 1.00 bits per heavy atom. The second-order valence-corrected chi connectivity index (χ2v) is 6.73. The maximum atomic E-state index is 10.4.